The number of thioether (sulfide) groups is 1. The third kappa shape index (κ3) is 3.53. The van der Waals surface area contributed by atoms with Gasteiger partial charge in [0.1, 0.15) is 10.6 Å². The number of halogens is 1. The maximum Gasteiger partial charge on any atom is 0.263 e. The van der Waals surface area contributed by atoms with Gasteiger partial charge in [-0.05, 0) is 42.2 Å². The van der Waals surface area contributed by atoms with E-state index in [-0.39, 0.29) is 5.91 Å². The molecule has 3 nitrogen and oxygen atoms in total. The Morgan fingerprint density at radius 1 is 1.25 bits per heavy atom. The standard InChI is InChI=1S/C18H16ClNO2S2/c1-22-12-5-8-14-15(9-12)24-17(16(14)19)18(21)20-10-11-3-6-13(23-2)7-4-11/h3-9H,10H2,1-2H3,(H,20,21). The lowest BCUT2D eigenvalue weighted by atomic mass is 10.2. The van der Waals surface area contributed by atoms with Gasteiger partial charge in [-0.3, -0.25) is 4.79 Å². The highest BCUT2D eigenvalue weighted by molar-refractivity contribution is 7.98. The Balaban J connectivity index is 1.76. The first kappa shape index (κ1) is 17.1. The zero-order valence-electron chi connectivity index (χ0n) is 13.3. The molecular formula is C18H16ClNO2S2. The minimum absolute atomic E-state index is 0.158. The number of carbonyl (C=O) groups excluding carboxylic acids is 1. The fourth-order valence-corrected chi connectivity index (χ4v) is 4.19. The number of carbonyl (C=O) groups is 1. The summed E-state index contributed by atoms with van der Waals surface area (Å²) >= 11 is 9.44. The molecule has 1 aromatic heterocycles. The van der Waals surface area contributed by atoms with E-state index in [1.54, 1.807) is 18.9 Å². The van der Waals surface area contributed by atoms with Crippen LogP contribution in [-0.2, 0) is 6.54 Å². The van der Waals surface area contributed by atoms with Gasteiger partial charge in [0.2, 0.25) is 0 Å². The van der Waals surface area contributed by atoms with Crippen LogP contribution < -0.4 is 10.1 Å². The first-order valence-electron chi connectivity index (χ1n) is 7.29. The Bertz CT molecular complexity index is 875. The molecule has 0 fully saturated rings. The van der Waals surface area contributed by atoms with E-state index in [0.717, 1.165) is 21.4 Å². The molecule has 0 bridgehead atoms. The molecule has 2 aromatic carbocycles. The second-order valence-electron chi connectivity index (χ2n) is 5.14. The maximum atomic E-state index is 12.5. The molecule has 0 spiro atoms. The maximum absolute atomic E-state index is 12.5. The number of ether oxygens (including phenoxy) is 1. The van der Waals surface area contributed by atoms with E-state index >= 15 is 0 Å². The number of amides is 1. The number of benzene rings is 2. The molecule has 124 valence electrons. The fourth-order valence-electron chi connectivity index (χ4n) is 2.32. The summed E-state index contributed by atoms with van der Waals surface area (Å²) in [4.78, 5) is 14.2. The fraction of sp³-hybridized carbons (Fsp3) is 0.167. The van der Waals surface area contributed by atoms with Crippen LogP contribution in [0.4, 0.5) is 0 Å². The third-order valence-corrected chi connectivity index (χ3v) is 6.05. The van der Waals surface area contributed by atoms with Crippen LogP contribution in [-0.4, -0.2) is 19.3 Å². The van der Waals surface area contributed by atoms with Crippen LogP contribution in [0, 0.1) is 0 Å². The first-order valence-corrected chi connectivity index (χ1v) is 9.71. The van der Waals surface area contributed by atoms with E-state index in [2.05, 4.69) is 5.32 Å². The van der Waals surface area contributed by atoms with Crippen molar-refractivity contribution in [2.75, 3.05) is 13.4 Å². The van der Waals surface area contributed by atoms with Crippen molar-refractivity contribution in [3.8, 4) is 5.75 Å². The lowest BCUT2D eigenvalue weighted by molar-refractivity contribution is 0.0955. The predicted octanol–water partition coefficient (Wildman–Crippen LogP) is 5.22. The number of hydrogen-bond acceptors (Lipinski definition) is 4. The van der Waals surface area contributed by atoms with Gasteiger partial charge in [-0.2, -0.15) is 0 Å². The molecule has 0 aliphatic carbocycles. The molecule has 0 aliphatic heterocycles. The molecule has 24 heavy (non-hydrogen) atoms. The second kappa shape index (κ2) is 7.47. The molecule has 1 N–H and O–H groups in total. The van der Waals surface area contributed by atoms with Gasteiger partial charge in [0, 0.05) is 21.5 Å². The quantitative estimate of drug-likeness (QED) is 0.620. The van der Waals surface area contributed by atoms with Gasteiger partial charge in [0.05, 0.1) is 12.1 Å². The number of nitrogens with one attached hydrogen (secondary N) is 1. The highest BCUT2D eigenvalue weighted by Crippen LogP contribution is 2.37. The van der Waals surface area contributed by atoms with Crippen LogP contribution >= 0.6 is 34.7 Å². The van der Waals surface area contributed by atoms with E-state index in [0.29, 0.717) is 16.4 Å². The molecule has 3 rings (SSSR count). The van der Waals surface area contributed by atoms with Crippen molar-refractivity contribution in [3.05, 3.63) is 57.9 Å². The Kier molecular flexibility index (Phi) is 5.33. The van der Waals surface area contributed by atoms with Gasteiger partial charge in [-0.15, -0.1) is 23.1 Å². The summed E-state index contributed by atoms with van der Waals surface area (Å²) in [6, 6.07) is 13.7. The lowest BCUT2D eigenvalue weighted by Crippen LogP contribution is -2.22. The van der Waals surface area contributed by atoms with E-state index in [1.807, 2.05) is 48.7 Å². The monoisotopic (exact) mass is 377 g/mol. The summed E-state index contributed by atoms with van der Waals surface area (Å²) in [7, 11) is 1.62. The summed E-state index contributed by atoms with van der Waals surface area (Å²) in [5.74, 6) is 0.593. The van der Waals surface area contributed by atoms with Crippen molar-refractivity contribution in [3.63, 3.8) is 0 Å². The largest absolute Gasteiger partial charge is 0.497 e. The topological polar surface area (TPSA) is 38.3 Å². The number of thiophene rings is 1. The van der Waals surface area contributed by atoms with Gasteiger partial charge < -0.3 is 10.1 Å². The minimum atomic E-state index is -0.158. The summed E-state index contributed by atoms with van der Waals surface area (Å²) < 4.78 is 6.16. The number of rotatable bonds is 5. The number of methoxy groups -OCH3 is 1. The van der Waals surface area contributed by atoms with Gasteiger partial charge in [-0.1, -0.05) is 23.7 Å². The Morgan fingerprint density at radius 3 is 2.67 bits per heavy atom. The smallest absolute Gasteiger partial charge is 0.263 e. The van der Waals surface area contributed by atoms with E-state index in [1.165, 1.54) is 16.2 Å². The van der Waals surface area contributed by atoms with Crippen LogP contribution in [0.3, 0.4) is 0 Å². The molecule has 0 saturated heterocycles. The third-order valence-electron chi connectivity index (χ3n) is 3.65. The molecular weight excluding hydrogens is 362 g/mol. The molecule has 0 unspecified atom stereocenters. The van der Waals surface area contributed by atoms with Crippen molar-refractivity contribution in [2.24, 2.45) is 0 Å². The molecule has 0 atom stereocenters. The van der Waals surface area contributed by atoms with Crippen molar-refractivity contribution in [1.29, 1.82) is 0 Å². The average molecular weight is 378 g/mol. The Labute approximate surface area is 154 Å². The molecule has 1 heterocycles. The van der Waals surface area contributed by atoms with Crippen molar-refractivity contribution in [2.45, 2.75) is 11.4 Å². The van der Waals surface area contributed by atoms with Gasteiger partial charge in [0.15, 0.2) is 0 Å². The lowest BCUT2D eigenvalue weighted by Gasteiger charge is -2.05. The second-order valence-corrected chi connectivity index (χ2v) is 7.45. The molecule has 1 amide bonds. The van der Waals surface area contributed by atoms with Crippen LogP contribution in [0.5, 0.6) is 5.75 Å². The Hall–Kier alpha value is -1.69. The van der Waals surface area contributed by atoms with E-state index in [4.69, 9.17) is 16.3 Å². The molecule has 0 radical (unpaired) electrons. The zero-order valence-corrected chi connectivity index (χ0v) is 15.6. The highest BCUT2D eigenvalue weighted by atomic mass is 35.5. The molecule has 0 aliphatic rings. The van der Waals surface area contributed by atoms with Crippen LogP contribution in [0.15, 0.2) is 47.4 Å². The minimum Gasteiger partial charge on any atom is -0.497 e. The number of fused-ring (bicyclic) bond motifs is 1. The van der Waals surface area contributed by atoms with Crippen molar-refractivity contribution < 1.29 is 9.53 Å². The summed E-state index contributed by atoms with van der Waals surface area (Å²) in [6.45, 7) is 0.474. The van der Waals surface area contributed by atoms with Crippen LogP contribution in [0.25, 0.3) is 10.1 Å². The molecule has 0 saturated carbocycles. The van der Waals surface area contributed by atoms with Crippen molar-refractivity contribution in [1.82, 2.24) is 5.32 Å². The van der Waals surface area contributed by atoms with Gasteiger partial charge >= 0.3 is 0 Å². The van der Waals surface area contributed by atoms with E-state index < -0.39 is 0 Å². The zero-order chi connectivity index (χ0) is 17.1. The highest BCUT2D eigenvalue weighted by Gasteiger charge is 2.17. The van der Waals surface area contributed by atoms with Crippen LogP contribution in [0.2, 0.25) is 5.02 Å². The number of hydrogen-bond donors (Lipinski definition) is 1. The van der Waals surface area contributed by atoms with E-state index in [9.17, 15) is 4.79 Å². The summed E-state index contributed by atoms with van der Waals surface area (Å²) in [6.07, 6.45) is 2.04. The average Bonchev–Trinajstić information content (AvgIpc) is 2.96. The van der Waals surface area contributed by atoms with Gasteiger partial charge in [-0.25, -0.2) is 0 Å². The summed E-state index contributed by atoms with van der Waals surface area (Å²) in [5.41, 5.74) is 1.06. The molecule has 3 aromatic rings. The van der Waals surface area contributed by atoms with Crippen molar-refractivity contribution >= 4 is 50.7 Å². The van der Waals surface area contributed by atoms with Crippen LogP contribution in [0.1, 0.15) is 15.2 Å². The first-order chi connectivity index (χ1) is 11.6. The SMILES string of the molecule is COc1ccc2c(Cl)c(C(=O)NCc3ccc(SC)cc3)sc2c1. The Morgan fingerprint density at radius 2 is 2.00 bits per heavy atom. The van der Waals surface area contributed by atoms with Gasteiger partial charge in [0.25, 0.3) is 5.91 Å². The summed E-state index contributed by atoms with van der Waals surface area (Å²) in [5, 5.41) is 4.30. The molecule has 6 heteroatoms. The predicted molar refractivity (Wildman–Crippen MR) is 103 cm³/mol. The normalized spacial score (nSPS) is 10.8.